The SMILES string of the molecule is CCC(C)CC(C)c1ccccc1NC(=O)C1CNN=C1C(F)F. The van der Waals surface area contributed by atoms with Gasteiger partial charge in [-0.1, -0.05) is 45.4 Å². The van der Waals surface area contributed by atoms with Crippen LogP contribution < -0.4 is 10.7 Å². The highest BCUT2D eigenvalue weighted by Gasteiger charge is 2.34. The number of benzene rings is 1. The lowest BCUT2D eigenvalue weighted by atomic mass is 9.89. The second kappa shape index (κ2) is 8.22. The van der Waals surface area contributed by atoms with Crippen LogP contribution in [0.3, 0.4) is 0 Å². The van der Waals surface area contributed by atoms with Crippen LogP contribution in [0.1, 0.15) is 45.1 Å². The number of hydrazone groups is 1. The Hall–Kier alpha value is -1.98. The Labute approximate surface area is 141 Å². The number of nitrogens with one attached hydrogen (secondary N) is 2. The van der Waals surface area contributed by atoms with Crippen LogP contribution in [0.15, 0.2) is 29.4 Å². The lowest BCUT2D eigenvalue weighted by molar-refractivity contribution is -0.117. The molecule has 1 amide bonds. The van der Waals surface area contributed by atoms with Gasteiger partial charge in [-0.25, -0.2) is 8.78 Å². The molecule has 24 heavy (non-hydrogen) atoms. The number of hydrogen-bond donors (Lipinski definition) is 2. The van der Waals surface area contributed by atoms with Crippen LogP contribution in [0, 0.1) is 11.8 Å². The molecule has 132 valence electrons. The third-order valence-corrected chi connectivity index (χ3v) is 4.60. The lowest BCUT2D eigenvalue weighted by Crippen LogP contribution is -2.34. The highest BCUT2D eigenvalue weighted by atomic mass is 19.3. The molecule has 3 unspecified atom stereocenters. The highest BCUT2D eigenvalue weighted by Crippen LogP contribution is 2.30. The van der Waals surface area contributed by atoms with Gasteiger partial charge >= 0.3 is 0 Å². The van der Waals surface area contributed by atoms with Gasteiger partial charge in [-0.05, 0) is 29.9 Å². The number of anilines is 1. The second-order valence-corrected chi connectivity index (χ2v) is 6.48. The molecule has 0 bridgehead atoms. The minimum Gasteiger partial charge on any atom is -0.325 e. The third-order valence-electron chi connectivity index (χ3n) is 4.60. The number of rotatable bonds is 7. The summed E-state index contributed by atoms with van der Waals surface area (Å²) < 4.78 is 25.9. The predicted molar refractivity (Wildman–Crippen MR) is 92.5 cm³/mol. The number of alkyl halides is 2. The van der Waals surface area contributed by atoms with Crippen molar-refractivity contribution in [3.8, 4) is 0 Å². The van der Waals surface area contributed by atoms with Gasteiger partial charge in [-0.3, -0.25) is 4.79 Å². The van der Waals surface area contributed by atoms with E-state index in [0.717, 1.165) is 18.4 Å². The quantitative estimate of drug-likeness (QED) is 0.790. The molecule has 0 radical (unpaired) electrons. The fraction of sp³-hybridized carbons (Fsp3) is 0.556. The normalized spacial score (nSPS) is 19.6. The Balaban J connectivity index is 2.13. The van der Waals surface area contributed by atoms with E-state index in [9.17, 15) is 13.6 Å². The summed E-state index contributed by atoms with van der Waals surface area (Å²) in [6.45, 7) is 6.59. The van der Waals surface area contributed by atoms with E-state index in [1.54, 1.807) is 0 Å². The minimum atomic E-state index is -2.73. The fourth-order valence-corrected chi connectivity index (χ4v) is 3.00. The number of halogens is 2. The molecule has 0 saturated carbocycles. The molecule has 0 saturated heterocycles. The molecule has 1 aromatic rings. The number of amides is 1. The maximum atomic E-state index is 12.9. The highest BCUT2D eigenvalue weighted by molar-refractivity contribution is 6.11. The maximum absolute atomic E-state index is 12.9. The number of para-hydroxylation sites is 1. The van der Waals surface area contributed by atoms with Crippen LogP contribution in [0.4, 0.5) is 14.5 Å². The Morgan fingerprint density at radius 2 is 2.08 bits per heavy atom. The molecule has 2 rings (SSSR count). The Morgan fingerprint density at radius 1 is 1.38 bits per heavy atom. The van der Waals surface area contributed by atoms with Crippen LogP contribution in [0.25, 0.3) is 0 Å². The molecule has 1 aliphatic heterocycles. The van der Waals surface area contributed by atoms with E-state index in [1.165, 1.54) is 0 Å². The first-order valence-corrected chi connectivity index (χ1v) is 8.42. The average Bonchev–Trinajstić information content (AvgIpc) is 3.05. The molecule has 0 aromatic heterocycles. The molecule has 2 N–H and O–H groups in total. The second-order valence-electron chi connectivity index (χ2n) is 6.48. The van der Waals surface area contributed by atoms with E-state index in [0.29, 0.717) is 11.6 Å². The van der Waals surface area contributed by atoms with Gasteiger partial charge in [-0.15, -0.1) is 0 Å². The monoisotopic (exact) mass is 337 g/mol. The van der Waals surface area contributed by atoms with Crippen molar-refractivity contribution >= 4 is 17.3 Å². The van der Waals surface area contributed by atoms with Gasteiger partial charge in [0, 0.05) is 5.69 Å². The van der Waals surface area contributed by atoms with E-state index in [1.807, 2.05) is 24.3 Å². The van der Waals surface area contributed by atoms with Crippen LogP contribution in [0.2, 0.25) is 0 Å². The molecule has 1 aromatic carbocycles. The van der Waals surface area contributed by atoms with Crippen molar-refractivity contribution in [1.29, 1.82) is 0 Å². The average molecular weight is 337 g/mol. The summed E-state index contributed by atoms with van der Waals surface area (Å²) in [6.07, 6.45) is -0.617. The maximum Gasteiger partial charge on any atom is 0.279 e. The van der Waals surface area contributed by atoms with Gasteiger partial charge in [0.15, 0.2) is 0 Å². The van der Waals surface area contributed by atoms with Gasteiger partial charge in [0.05, 0.1) is 6.54 Å². The van der Waals surface area contributed by atoms with Crippen LogP contribution in [-0.4, -0.2) is 24.6 Å². The molecule has 0 aliphatic carbocycles. The summed E-state index contributed by atoms with van der Waals surface area (Å²) in [7, 11) is 0. The van der Waals surface area contributed by atoms with Crippen molar-refractivity contribution in [3.05, 3.63) is 29.8 Å². The number of carbonyl (C=O) groups is 1. The van der Waals surface area contributed by atoms with Gasteiger partial charge in [0.25, 0.3) is 6.43 Å². The first kappa shape index (κ1) is 18.4. The standard InChI is InChI=1S/C18H25F2N3O/c1-4-11(2)9-12(3)13-7-5-6-8-15(13)22-18(24)14-10-21-23-16(14)17(19)20/h5-8,11-12,14,17,21H,4,9-10H2,1-3H3,(H,22,24). The summed E-state index contributed by atoms with van der Waals surface area (Å²) in [4.78, 5) is 12.4. The molecule has 1 heterocycles. The minimum absolute atomic E-state index is 0.107. The summed E-state index contributed by atoms with van der Waals surface area (Å²) in [5.41, 5.74) is 3.83. The zero-order valence-electron chi connectivity index (χ0n) is 14.4. The Morgan fingerprint density at radius 3 is 2.75 bits per heavy atom. The molecule has 4 nitrogen and oxygen atoms in total. The smallest absolute Gasteiger partial charge is 0.279 e. The molecule has 0 fully saturated rings. The topological polar surface area (TPSA) is 53.5 Å². The van der Waals surface area contributed by atoms with Gasteiger partial charge < -0.3 is 10.7 Å². The molecule has 3 atom stereocenters. The Bertz CT molecular complexity index is 604. The zero-order chi connectivity index (χ0) is 17.7. The zero-order valence-corrected chi connectivity index (χ0v) is 14.4. The molecular weight excluding hydrogens is 312 g/mol. The van der Waals surface area contributed by atoms with Crippen molar-refractivity contribution < 1.29 is 13.6 Å². The summed E-state index contributed by atoms with van der Waals surface area (Å²) in [5, 5.41) is 6.36. The molecule has 1 aliphatic rings. The van der Waals surface area contributed by atoms with E-state index in [2.05, 4.69) is 36.6 Å². The van der Waals surface area contributed by atoms with E-state index < -0.39 is 24.0 Å². The van der Waals surface area contributed by atoms with Crippen LogP contribution in [0.5, 0.6) is 0 Å². The lowest BCUT2D eigenvalue weighted by Gasteiger charge is -2.21. The van der Waals surface area contributed by atoms with Crippen molar-refractivity contribution in [2.45, 2.75) is 46.0 Å². The first-order chi connectivity index (χ1) is 11.4. The van der Waals surface area contributed by atoms with Gasteiger partial charge in [0.1, 0.15) is 11.6 Å². The third kappa shape index (κ3) is 4.30. The number of hydrogen-bond acceptors (Lipinski definition) is 3. The predicted octanol–water partition coefficient (Wildman–Crippen LogP) is 4.01. The fourth-order valence-electron chi connectivity index (χ4n) is 3.00. The van der Waals surface area contributed by atoms with E-state index in [4.69, 9.17) is 0 Å². The van der Waals surface area contributed by atoms with Gasteiger partial charge in [-0.2, -0.15) is 5.10 Å². The van der Waals surface area contributed by atoms with Crippen LogP contribution >= 0.6 is 0 Å². The van der Waals surface area contributed by atoms with E-state index in [-0.39, 0.29) is 12.5 Å². The van der Waals surface area contributed by atoms with Crippen LogP contribution in [-0.2, 0) is 4.79 Å². The number of carbonyl (C=O) groups excluding carboxylic acids is 1. The summed E-state index contributed by atoms with van der Waals surface area (Å²) in [6, 6.07) is 7.57. The summed E-state index contributed by atoms with van der Waals surface area (Å²) in [5.74, 6) is -0.507. The Kier molecular flexibility index (Phi) is 6.29. The molecule has 6 heteroatoms. The summed E-state index contributed by atoms with van der Waals surface area (Å²) >= 11 is 0. The van der Waals surface area contributed by atoms with Crippen molar-refractivity contribution in [2.24, 2.45) is 16.9 Å². The largest absolute Gasteiger partial charge is 0.325 e. The molecule has 0 spiro atoms. The van der Waals surface area contributed by atoms with E-state index >= 15 is 0 Å². The van der Waals surface area contributed by atoms with Crippen molar-refractivity contribution in [1.82, 2.24) is 5.43 Å². The van der Waals surface area contributed by atoms with Gasteiger partial charge in [0.2, 0.25) is 5.91 Å². The molecular formula is C18H25F2N3O. The number of nitrogens with zero attached hydrogens (tertiary/aromatic N) is 1. The van der Waals surface area contributed by atoms with Crippen molar-refractivity contribution in [3.63, 3.8) is 0 Å². The first-order valence-electron chi connectivity index (χ1n) is 8.42. The van der Waals surface area contributed by atoms with Crippen molar-refractivity contribution in [2.75, 3.05) is 11.9 Å².